The van der Waals surface area contributed by atoms with Gasteiger partial charge in [0.15, 0.2) is 19.7 Å². The molecule has 3 aromatic rings. The third-order valence-corrected chi connectivity index (χ3v) is 15.8. The largest absolute Gasteiger partial charge is 0.507 e. The number of carbonyl (C=O) groups is 2. The zero-order valence-corrected chi connectivity index (χ0v) is 31.3. The van der Waals surface area contributed by atoms with Crippen molar-refractivity contribution in [2.75, 3.05) is 39.7 Å². The number of carbonyl (C=O) groups excluding carboxylic acids is 2. The van der Waals surface area contributed by atoms with E-state index in [0.717, 1.165) is 22.4 Å². The number of hydrogen-bond acceptors (Lipinski definition) is 10. The summed E-state index contributed by atoms with van der Waals surface area (Å²) >= 11 is 0. The van der Waals surface area contributed by atoms with Crippen molar-refractivity contribution in [3.63, 3.8) is 0 Å². The second kappa shape index (κ2) is 11.9. The molecule has 0 bridgehead atoms. The molecule has 0 saturated heterocycles. The van der Waals surface area contributed by atoms with E-state index in [4.69, 9.17) is 13.7 Å². The van der Waals surface area contributed by atoms with Crippen molar-refractivity contribution in [3.05, 3.63) is 81.6 Å². The quantitative estimate of drug-likeness (QED) is 0.207. The topological polar surface area (TPSA) is 126 Å². The van der Waals surface area contributed by atoms with E-state index < -0.39 is 49.5 Å². The van der Waals surface area contributed by atoms with Gasteiger partial charge in [0.2, 0.25) is 11.6 Å². The lowest BCUT2D eigenvalue weighted by molar-refractivity contribution is -0.145. The molecule has 1 aromatic heterocycles. The SMILES string of the molecule is Cc1ccc(N(C)C)c2c1C(O)=C1C(=O)[C@]3(O[Si](C)(C)C(C)(C)C)C(=O)c4c(OCc5ccccc5)noc4[C@@H](N(C)C)[C@@H]3C[C@]1(CO)C2. The average Bonchev–Trinajstić information content (AvgIpc) is 3.44. The molecule has 4 atom stereocenters. The summed E-state index contributed by atoms with van der Waals surface area (Å²) in [6.07, 6.45) is 0.479. The zero-order valence-electron chi connectivity index (χ0n) is 30.3. The molecule has 0 radical (unpaired) electrons. The summed E-state index contributed by atoms with van der Waals surface area (Å²) in [6, 6.07) is 12.8. The molecule has 2 N–H and O–H groups in total. The van der Waals surface area contributed by atoms with E-state index in [0.29, 0.717) is 17.7 Å². The molecule has 262 valence electrons. The Morgan fingerprint density at radius 1 is 1.02 bits per heavy atom. The monoisotopic (exact) mass is 687 g/mol. The predicted molar refractivity (Wildman–Crippen MR) is 190 cm³/mol. The van der Waals surface area contributed by atoms with Crippen LogP contribution in [0.4, 0.5) is 5.69 Å². The molecule has 0 amide bonds. The van der Waals surface area contributed by atoms with Gasteiger partial charge in [0.25, 0.3) is 5.88 Å². The fourth-order valence-electron chi connectivity index (χ4n) is 7.94. The summed E-state index contributed by atoms with van der Waals surface area (Å²) in [5.74, 6) is -1.88. The minimum absolute atomic E-state index is 0.00202. The first-order valence-electron chi connectivity index (χ1n) is 16.9. The van der Waals surface area contributed by atoms with Crippen molar-refractivity contribution >= 4 is 31.3 Å². The minimum atomic E-state index is -2.89. The van der Waals surface area contributed by atoms with E-state index in [1.807, 2.05) is 100 Å². The van der Waals surface area contributed by atoms with Gasteiger partial charge < -0.3 is 28.8 Å². The number of benzene rings is 2. The molecule has 6 rings (SSSR count). The fraction of sp³-hybridized carbons (Fsp3) is 0.500. The zero-order chi connectivity index (χ0) is 35.8. The smallest absolute Gasteiger partial charge is 0.265 e. The summed E-state index contributed by atoms with van der Waals surface area (Å²) in [5.41, 5.74) is 0.890. The van der Waals surface area contributed by atoms with E-state index in [-0.39, 0.29) is 40.8 Å². The highest BCUT2D eigenvalue weighted by Gasteiger charge is 2.71. The Hall–Kier alpha value is -3.77. The molecule has 0 aliphatic heterocycles. The van der Waals surface area contributed by atoms with Gasteiger partial charge in [0.1, 0.15) is 17.9 Å². The molecule has 2 aromatic carbocycles. The molecule has 0 unspecified atom stereocenters. The maximum absolute atomic E-state index is 15.7. The number of aliphatic hydroxyl groups is 2. The number of aromatic nitrogens is 1. The predicted octanol–water partition coefficient (Wildman–Crippen LogP) is 6.28. The van der Waals surface area contributed by atoms with Crippen molar-refractivity contribution in [3.8, 4) is 5.88 Å². The van der Waals surface area contributed by atoms with Crippen LogP contribution in [-0.2, 0) is 22.2 Å². The van der Waals surface area contributed by atoms with Crippen LogP contribution in [0.25, 0.3) is 5.76 Å². The Labute approximate surface area is 289 Å². The summed E-state index contributed by atoms with van der Waals surface area (Å²) in [6.45, 7) is 11.8. The molecule has 3 aliphatic carbocycles. The van der Waals surface area contributed by atoms with Gasteiger partial charge in [0, 0.05) is 42.3 Å². The number of ether oxygens (including phenoxy) is 1. The van der Waals surface area contributed by atoms with E-state index in [2.05, 4.69) is 25.9 Å². The first-order chi connectivity index (χ1) is 22.9. The van der Waals surface area contributed by atoms with Crippen LogP contribution < -0.4 is 9.64 Å². The fourth-order valence-corrected chi connectivity index (χ4v) is 9.39. The molecule has 11 heteroatoms. The van der Waals surface area contributed by atoms with E-state index in [1.54, 1.807) is 0 Å². The molecular weight excluding hydrogens is 639 g/mol. The second-order valence-electron chi connectivity index (χ2n) is 16.0. The van der Waals surface area contributed by atoms with Gasteiger partial charge in [-0.3, -0.25) is 14.5 Å². The second-order valence-corrected chi connectivity index (χ2v) is 20.7. The number of ketones is 2. The lowest BCUT2D eigenvalue weighted by Crippen LogP contribution is -2.70. The van der Waals surface area contributed by atoms with Crippen LogP contribution in [0.5, 0.6) is 5.88 Å². The first kappa shape index (κ1) is 35.1. The Morgan fingerprint density at radius 2 is 1.69 bits per heavy atom. The number of Topliss-reactive ketones (excluding diaryl/α,β-unsaturated/α-hetero) is 2. The third kappa shape index (κ3) is 5.19. The van der Waals surface area contributed by atoms with Gasteiger partial charge in [0.05, 0.1) is 12.6 Å². The van der Waals surface area contributed by atoms with Crippen LogP contribution in [0, 0.1) is 18.3 Å². The van der Waals surface area contributed by atoms with E-state index in [1.165, 1.54) is 0 Å². The normalized spacial score (nSPS) is 25.1. The number of rotatable bonds is 8. The maximum atomic E-state index is 15.7. The van der Waals surface area contributed by atoms with Gasteiger partial charge in [-0.05, 0) is 79.9 Å². The Bertz CT molecular complexity index is 1840. The summed E-state index contributed by atoms with van der Waals surface area (Å²) < 4.78 is 19.3. The lowest BCUT2D eigenvalue weighted by atomic mass is 9.51. The van der Waals surface area contributed by atoms with Crippen LogP contribution in [0.1, 0.15) is 71.6 Å². The number of nitrogens with zero attached hydrogens (tertiary/aromatic N) is 3. The highest BCUT2D eigenvalue weighted by Crippen LogP contribution is 2.62. The Balaban J connectivity index is 1.63. The van der Waals surface area contributed by atoms with Crippen LogP contribution >= 0.6 is 0 Å². The van der Waals surface area contributed by atoms with Crippen molar-refractivity contribution in [2.24, 2.45) is 11.3 Å². The minimum Gasteiger partial charge on any atom is -0.507 e. The van der Waals surface area contributed by atoms with Crippen LogP contribution in [0.2, 0.25) is 18.1 Å². The van der Waals surface area contributed by atoms with E-state index in [9.17, 15) is 10.2 Å². The Morgan fingerprint density at radius 3 is 2.29 bits per heavy atom. The van der Waals surface area contributed by atoms with Gasteiger partial charge >= 0.3 is 0 Å². The van der Waals surface area contributed by atoms with E-state index >= 15 is 9.59 Å². The summed E-state index contributed by atoms with van der Waals surface area (Å²) in [5, 5.41) is 27.5. The molecule has 3 aliphatic rings. The summed E-state index contributed by atoms with van der Waals surface area (Å²) in [4.78, 5) is 34.9. The van der Waals surface area contributed by atoms with Crippen LogP contribution in [0.3, 0.4) is 0 Å². The molecule has 1 heterocycles. The highest BCUT2D eigenvalue weighted by molar-refractivity contribution is 6.74. The van der Waals surface area contributed by atoms with Crippen molar-refractivity contribution < 1.29 is 33.5 Å². The van der Waals surface area contributed by atoms with Gasteiger partial charge in [-0.25, -0.2) is 0 Å². The average molecular weight is 688 g/mol. The van der Waals surface area contributed by atoms with Crippen LogP contribution in [0.15, 0.2) is 52.6 Å². The van der Waals surface area contributed by atoms with Gasteiger partial charge in [-0.15, -0.1) is 0 Å². The number of anilines is 1. The van der Waals surface area contributed by atoms with Gasteiger partial charge in [-0.1, -0.05) is 57.2 Å². The van der Waals surface area contributed by atoms with Gasteiger partial charge in [-0.2, -0.15) is 0 Å². The van der Waals surface area contributed by atoms with Crippen molar-refractivity contribution in [1.29, 1.82) is 0 Å². The maximum Gasteiger partial charge on any atom is 0.265 e. The third-order valence-electron chi connectivity index (χ3n) is 11.4. The highest BCUT2D eigenvalue weighted by atomic mass is 28.4. The molecule has 1 saturated carbocycles. The molecule has 49 heavy (non-hydrogen) atoms. The molecule has 0 spiro atoms. The number of aryl methyl sites for hydroxylation is 1. The lowest BCUT2D eigenvalue weighted by Gasteiger charge is -2.58. The number of fused-ring (bicyclic) bond motifs is 4. The molecular formula is C38H49N3O7Si. The summed E-state index contributed by atoms with van der Waals surface area (Å²) in [7, 11) is 4.72. The molecule has 10 nitrogen and oxygen atoms in total. The number of hydrogen-bond donors (Lipinski definition) is 2. The standard InChI is InChI=1S/C38H49N3O7Si/c1-22-16-17-26(40(5)6)24-18-37(21-42)19-25-30(41(7)8)32-28(35(39-47-32)46-20-23-14-12-11-13-15-23)33(44)38(25,48-49(9,10)36(2,3)4)34(45)29(37)31(43)27(22)24/h11-17,25,30,42-43H,18-21H2,1-10H3/t25-,30-,37-,38+/m0/s1. The Kier molecular flexibility index (Phi) is 8.54. The van der Waals surface area contributed by atoms with Crippen molar-refractivity contribution in [2.45, 2.75) is 76.9 Å². The first-order valence-corrected chi connectivity index (χ1v) is 19.8. The number of aliphatic hydroxyl groups excluding tert-OH is 2. The van der Waals surface area contributed by atoms with Crippen LogP contribution in [-0.4, -0.2) is 80.6 Å². The molecule has 1 fully saturated rings. The van der Waals surface area contributed by atoms with Crippen molar-refractivity contribution in [1.82, 2.24) is 10.1 Å².